The van der Waals surface area contributed by atoms with Gasteiger partial charge in [0.25, 0.3) is 6.71 Å². The fraction of sp³-hybridized carbons (Fsp3) is 0.270. The van der Waals surface area contributed by atoms with Crippen molar-refractivity contribution in [3.8, 4) is 83.6 Å². The van der Waals surface area contributed by atoms with E-state index >= 15 is 0 Å². The van der Waals surface area contributed by atoms with Gasteiger partial charge in [-0.05, 0) is 303 Å². The van der Waals surface area contributed by atoms with Crippen LogP contribution in [0.15, 0.2) is 261 Å². The van der Waals surface area contributed by atoms with Crippen LogP contribution in [0, 0.1) is 27.7 Å². The van der Waals surface area contributed by atoms with Crippen LogP contribution in [-0.2, 0) is 0 Å². The average Bonchev–Trinajstić information content (AvgIpc) is 0.771. The van der Waals surface area contributed by atoms with Gasteiger partial charge in [-0.2, -0.15) is 0 Å². The zero-order valence-corrected chi connectivity index (χ0v) is 74.4. The molecule has 2 aliphatic rings. The maximum absolute atomic E-state index is 2.77. The van der Waals surface area contributed by atoms with Gasteiger partial charge in [0.15, 0.2) is 0 Å². The Morgan fingerprint density at radius 1 is 0.235 bits per heavy atom. The number of aryl methyl sites for hydroxylation is 4. The Morgan fingerprint density at radius 3 is 1.01 bits per heavy atom. The van der Waals surface area contributed by atoms with Crippen molar-refractivity contribution < 1.29 is 0 Å². The maximum atomic E-state index is 2.77. The Balaban J connectivity index is 1.05. The Labute approximate surface area is 711 Å². The summed E-state index contributed by atoms with van der Waals surface area (Å²) in [6.07, 6.45) is 0. The molecule has 0 spiro atoms. The summed E-state index contributed by atoms with van der Waals surface area (Å²) in [6.45, 7) is 51.7. The molecule has 0 radical (unpaired) electrons. The first-order valence-corrected chi connectivity index (χ1v) is 44.3. The van der Waals surface area contributed by atoms with Gasteiger partial charge in [-0.25, -0.2) is 0 Å². The molecule has 119 heavy (non-hydrogen) atoms. The zero-order valence-electron chi connectivity index (χ0n) is 74.4. The van der Waals surface area contributed by atoms with Crippen LogP contribution in [0.3, 0.4) is 0 Å². The molecular weight excluding hydrogens is 1430 g/mol. The van der Waals surface area contributed by atoms with Gasteiger partial charge in [-0.3, -0.25) is 0 Å². The third-order valence-electron chi connectivity index (χ3n) is 26.4. The van der Waals surface area contributed by atoms with Crippen LogP contribution in [0.1, 0.15) is 250 Å². The van der Waals surface area contributed by atoms with Crippen LogP contribution in [0.25, 0.3) is 105 Å². The van der Waals surface area contributed by atoms with Gasteiger partial charge < -0.3 is 14.4 Å². The van der Waals surface area contributed by atoms with Crippen molar-refractivity contribution >= 4 is 79.0 Å². The van der Waals surface area contributed by atoms with E-state index in [-0.39, 0.29) is 30.4 Å². The molecule has 0 atom stereocenters. The normalized spacial score (nSPS) is 12.7. The Bertz CT molecular complexity index is 6160. The summed E-state index contributed by atoms with van der Waals surface area (Å²) in [6, 6.07) is 103. The Kier molecular flexibility index (Phi) is 21.3. The van der Waals surface area contributed by atoms with Crippen LogP contribution in [-0.4, -0.2) is 11.3 Å². The minimum absolute atomic E-state index is 0.217. The van der Waals surface area contributed by atoms with Crippen molar-refractivity contribution in [1.29, 1.82) is 0 Å². The van der Waals surface area contributed by atoms with E-state index in [1.165, 1.54) is 172 Å². The van der Waals surface area contributed by atoms with E-state index < -0.39 is 0 Å². The summed E-state index contributed by atoms with van der Waals surface area (Å²) in [5, 5.41) is 2.45. The van der Waals surface area contributed by atoms with Gasteiger partial charge in [-0.1, -0.05) is 319 Å². The second kappa shape index (κ2) is 31.7. The molecule has 0 amide bonds. The fourth-order valence-electron chi connectivity index (χ4n) is 20.2. The minimum Gasteiger partial charge on any atom is -0.311 e. The van der Waals surface area contributed by atoms with E-state index in [1.54, 1.807) is 0 Å². The monoisotopic (exact) mass is 1550 g/mol. The van der Waals surface area contributed by atoms with Crippen molar-refractivity contribution in [2.75, 3.05) is 9.80 Å². The van der Waals surface area contributed by atoms with Crippen LogP contribution in [0.4, 0.5) is 34.1 Å². The minimum atomic E-state index is -0.249. The van der Waals surface area contributed by atoms with Crippen molar-refractivity contribution in [3.63, 3.8) is 0 Å². The van der Waals surface area contributed by atoms with Crippen molar-refractivity contribution in [2.24, 2.45) is 0 Å². The van der Waals surface area contributed by atoms with Crippen LogP contribution in [0.5, 0.6) is 0 Å². The maximum Gasteiger partial charge on any atom is 0.252 e. The van der Waals surface area contributed by atoms with Crippen LogP contribution in [0.2, 0.25) is 0 Å². The molecule has 0 N–H and O–H groups in total. The summed E-state index contributed by atoms with van der Waals surface area (Å²) in [5.74, 6) is 2.76. The largest absolute Gasteiger partial charge is 0.311 e. The number of fused-ring (bicyclic) bond motifs is 7. The molecule has 0 aliphatic carbocycles. The lowest BCUT2D eigenvalue weighted by Crippen LogP contribution is -2.61. The predicted molar refractivity (Wildman–Crippen MR) is 519 cm³/mol. The van der Waals surface area contributed by atoms with Gasteiger partial charge in [0.1, 0.15) is 0 Å². The highest BCUT2D eigenvalue weighted by molar-refractivity contribution is 7.00. The average molecular weight is 1550 g/mol. The molecule has 4 heteroatoms. The van der Waals surface area contributed by atoms with Gasteiger partial charge >= 0.3 is 0 Å². The number of nitrogens with zero attached hydrogens (tertiary/aromatic N) is 3. The number of hydrogen-bond donors (Lipinski definition) is 0. The van der Waals surface area contributed by atoms with Crippen molar-refractivity contribution in [2.45, 2.75) is 206 Å². The lowest BCUT2D eigenvalue weighted by molar-refractivity contribution is 0.807. The van der Waals surface area contributed by atoms with Crippen molar-refractivity contribution in [1.82, 2.24) is 4.57 Å². The number of hydrogen-bond acceptors (Lipinski definition) is 2. The molecule has 596 valence electrons. The quantitative estimate of drug-likeness (QED) is 0.0748. The molecule has 0 fully saturated rings. The summed E-state index contributed by atoms with van der Waals surface area (Å²) >= 11 is 0. The molecule has 0 unspecified atom stereocenters. The van der Waals surface area contributed by atoms with Gasteiger partial charge in [-0.15, -0.1) is 0 Å². The second-order valence-electron chi connectivity index (χ2n) is 37.5. The lowest BCUT2D eigenvalue weighted by atomic mass is 9.33. The van der Waals surface area contributed by atoms with Crippen LogP contribution < -0.4 is 26.2 Å². The van der Waals surface area contributed by atoms with E-state index in [1.807, 2.05) is 0 Å². The van der Waals surface area contributed by atoms with E-state index in [9.17, 15) is 0 Å². The Hall–Kier alpha value is -11.5. The first kappa shape index (κ1) is 80.0. The first-order chi connectivity index (χ1) is 57.1. The molecular formula is C115H118BN3. The number of aromatic nitrogens is 1. The topological polar surface area (TPSA) is 11.4 Å². The zero-order chi connectivity index (χ0) is 83.6. The molecule has 3 heterocycles. The van der Waals surface area contributed by atoms with Crippen LogP contribution >= 0.6 is 0 Å². The highest BCUT2D eigenvalue weighted by atomic mass is 15.2. The SMILES string of the molecule is Cc1cccc(C)c1-c1ccc2c(c1)c1cc(-c3c(C)cccc3C)ccc1n2-c1ccc2c(c1)N(c1c(-c3ccccc3)cccc1-c1ccccc1)c1cc(-c3c(C(C)C)cc(C(C)C)cc3C(C)C)cc3c1B2c1cc(-c2c(C(C)C)cc(C(C)C)cc2C(C)C)ccc1N3c1ccc(-c2c(C(C)C)cc(C(C)C)cc2C(C)C)cc1. The van der Waals surface area contributed by atoms with Gasteiger partial charge in [0.2, 0.25) is 0 Å². The first-order valence-electron chi connectivity index (χ1n) is 44.3. The third kappa shape index (κ3) is 14.0. The number of benzene rings is 14. The molecule has 1 aromatic heterocycles. The molecule has 0 bridgehead atoms. The predicted octanol–water partition coefficient (Wildman–Crippen LogP) is 31.9. The highest BCUT2D eigenvalue weighted by Gasteiger charge is 2.46. The molecule has 3 nitrogen and oxygen atoms in total. The number of rotatable bonds is 19. The lowest BCUT2D eigenvalue weighted by Gasteiger charge is -2.45. The molecule has 17 rings (SSSR count). The third-order valence-corrected chi connectivity index (χ3v) is 26.4. The molecule has 0 saturated carbocycles. The number of para-hydroxylation sites is 1. The number of anilines is 6. The van der Waals surface area contributed by atoms with E-state index in [0.717, 1.165) is 56.0 Å². The summed E-state index contributed by atoms with van der Waals surface area (Å²) in [4.78, 5) is 5.48. The Morgan fingerprint density at radius 2 is 0.597 bits per heavy atom. The van der Waals surface area contributed by atoms with Gasteiger partial charge in [0.05, 0.1) is 16.7 Å². The van der Waals surface area contributed by atoms with E-state index in [0.29, 0.717) is 29.6 Å². The van der Waals surface area contributed by atoms with E-state index in [4.69, 9.17) is 0 Å². The second-order valence-corrected chi connectivity index (χ2v) is 37.5. The summed E-state index contributed by atoms with van der Waals surface area (Å²) in [5.41, 5.74) is 49.3. The molecule has 14 aromatic carbocycles. The fourth-order valence-corrected chi connectivity index (χ4v) is 20.2. The molecule has 0 saturated heterocycles. The summed E-state index contributed by atoms with van der Waals surface area (Å²) in [7, 11) is 0. The smallest absolute Gasteiger partial charge is 0.252 e. The molecule has 15 aromatic rings. The van der Waals surface area contributed by atoms with E-state index in [2.05, 4.69) is 428 Å². The highest BCUT2D eigenvalue weighted by Crippen LogP contribution is 2.55. The van der Waals surface area contributed by atoms with Crippen molar-refractivity contribution in [3.05, 3.63) is 333 Å². The molecule has 2 aliphatic heterocycles. The summed E-state index contributed by atoms with van der Waals surface area (Å²) < 4.78 is 2.59. The van der Waals surface area contributed by atoms with Gasteiger partial charge in [0, 0.05) is 56.0 Å². The standard InChI is InChI=1S/C115H118BN3/c1-66(2)85-56-93(69(7)8)111(94(57-85)70(9)10)81-42-47-89(48-43-81)117-105-53-46-84(112-95(71(11)12)58-86(67(3)4)59-96(112)72(13)14)62-102(105)116-101-50-49-90(118-103-51-44-82(109-75(19)32-29-33-76(109)20)54-99(103)100-55-83(45-52-104(100)118)110-77(21)34-30-35-78(110)22)65-106(101)119(115-91(79-36-25-23-26-37-79)40-31-41-92(115)80-38-27-24-28-39-80)108-64-88(63-107(117)114(108)116)113-97(73(15)16)60-87(68(5)6)61-98(113)74(17)18/h23-74H,1-22H3.